The number of halogens is 2. The van der Waals surface area contributed by atoms with E-state index in [0.29, 0.717) is 39.3 Å². The van der Waals surface area contributed by atoms with E-state index in [-0.39, 0.29) is 5.91 Å². The number of amides is 1. The van der Waals surface area contributed by atoms with Crippen LogP contribution < -0.4 is 14.4 Å². The van der Waals surface area contributed by atoms with Crippen LogP contribution >= 0.6 is 38.9 Å². The second kappa shape index (κ2) is 11.0. The van der Waals surface area contributed by atoms with Crippen molar-refractivity contribution in [3.05, 3.63) is 45.4 Å². The number of carbonyl (C=O) groups excluding carboxylic acids is 1. The number of hydrogen-bond acceptors (Lipinski definition) is 7. The highest BCUT2D eigenvalue weighted by Gasteiger charge is 2.25. The summed E-state index contributed by atoms with van der Waals surface area (Å²) in [5.41, 5.74) is 1.10. The molecule has 0 N–H and O–H groups in total. The number of thiazole rings is 1. The van der Waals surface area contributed by atoms with E-state index in [1.165, 1.54) is 11.3 Å². The smallest absolute Gasteiger partial charge is 0.261 e. The highest BCUT2D eigenvalue weighted by molar-refractivity contribution is 9.10. The molecule has 1 aliphatic heterocycles. The van der Waals surface area contributed by atoms with Crippen LogP contribution in [-0.2, 0) is 4.74 Å². The maximum absolute atomic E-state index is 13.7. The second-order valence-electron chi connectivity index (χ2n) is 7.53. The molecular formula is C23H25BrClN3O4S. The second-order valence-corrected chi connectivity index (χ2v) is 9.83. The van der Waals surface area contributed by atoms with Crippen LogP contribution in [0.3, 0.4) is 0 Å². The summed E-state index contributed by atoms with van der Waals surface area (Å²) in [7, 11) is 3.22. The average molecular weight is 555 g/mol. The van der Waals surface area contributed by atoms with Crippen molar-refractivity contribution in [2.24, 2.45) is 0 Å². The molecule has 1 saturated heterocycles. The zero-order chi connectivity index (χ0) is 23.4. The van der Waals surface area contributed by atoms with Gasteiger partial charge in [0.15, 0.2) is 5.13 Å². The Morgan fingerprint density at radius 1 is 1.21 bits per heavy atom. The Bertz CT molecular complexity index is 1100. The maximum atomic E-state index is 13.7. The van der Waals surface area contributed by atoms with Gasteiger partial charge in [0, 0.05) is 30.7 Å². The summed E-state index contributed by atoms with van der Waals surface area (Å²) in [4.78, 5) is 22.5. The van der Waals surface area contributed by atoms with Gasteiger partial charge in [-0.25, -0.2) is 4.98 Å². The van der Waals surface area contributed by atoms with Crippen LogP contribution in [0.25, 0.3) is 10.2 Å². The van der Waals surface area contributed by atoms with E-state index in [0.717, 1.165) is 48.4 Å². The minimum absolute atomic E-state index is 0.194. The quantitative estimate of drug-likeness (QED) is 0.386. The summed E-state index contributed by atoms with van der Waals surface area (Å²) in [6.07, 6.45) is 0.793. The summed E-state index contributed by atoms with van der Waals surface area (Å²) in [6, 6.07) is 8.94. The molecule has 1 fully saturated rings. The Labute approximate surface area is 210 Å². The van der Waals surface area contributed by atoms with Crippen molar-refractivity contribution < 1.29 is 19.0 Å². The number of nitrogens with zero attached hydrogens (tertiary/aromatic N) is 3. The molecule has 33 heavy (non-hydrogen) atoms. The standard InChI is InChI=1S/C23H25BrClN3O4S/c1-30-18-6-7-19(31-2)21-20(18)26-23(33-21)28(9-3-8-27-10-12-32-13-11-27)22(29)16-14-15(24)4-5-17(16)25/h4-7,14H,3,8-13H2,1-2H3. The number of methoxy groups -OCH3 is 2. The third-order valence-corrected chi connectivity index (χ3v) is 7.41. The molecule has 1 aliphatic rings. The molecule has 2 heterocycles. The van der Waals surface area contributed by atoms with Crippen molar-refractivity contribution in [1.82, 2.24) is 9.88 Å². The van der Waals surface area contributed by atoms with Crippen molar-refractivity contribution in [2.45, 2.75) is 6.42 Å². The summed E-state index contributed by atoms with van der Waals surface area (Å²) < 4.78 is 18.1. The molecular weight excluding hydrogens is 530 g/mol. The molecule has 0 atom stereocenters. The third kappa shape index (κ3) is 5.44. The number of anilines is 1. The summed E-state index contributed by atoms with van der Waals surface area (Å²) >= 11 is 11.3. The first-order valence-corrected chi connectivity index (χ1v) is 12.6. The first kappa shape index (κ1) is 24.2. The zero-order valence-corrected chi connectivity index (χ0v) is 21.6. The number of morpholine rings is 1. The van der Waals surface area contributed by atoms with Crippen LogP contribution in [0.1, 0.15) is 16.8 Å². The van der Waals surface area contributed by atoms with E-state index in [9.17, 15) is 4.79 Å². The average Bonchev–Trinajstić information content (AvgIpc) is 3.28. The molecule has 0 saturated carbocycles. The number of ether oxygens (including phenoxy) is 3. The molecule has 4 rings (SSSR count). The molecule has 0 unspecified atom stereocenters. The first-order chi connectivity index (χ1) is 16.0. The van der Waals surface area contributed by atoms with Crippen LogP contribution in [0, 0.1) is 0 Å². The minimum atomic E-state index is -0.194. The summed E-state index contributed by atoms with van der Waals surface area (Å²) in [6.45, 7) is 4.67. The van der Waals surface area contributed by atoms with E-state index >= 15 is 0 Å². The van der Waals surface area contributed by atoms with E-state index in [4.69, 9.17) is 30.8 Å². The molecule has 0 bridgehead atoms. The van der Waals surface area contributed by atoms with Gasteiger partial charge in [0.1, 0.15) is 21.7 Å². The van der Waals surface area contributed by atoms with E-state index in [1.807, 2.05) is 18.2 Å². The largest absolute Gasteiger partial charge is 0.495 e. The van der Waals surface area contributed by atoms with Gasteiger partial charge in [-0.05, 0) is 36.8 Å². The van der Waals surface area contributed by atoms with Crippen LogP contribution in [0.5, 0.6) is 11.5 Å². The fraction of sp³-hybridized carbons (Fsp3) is 0.391. The number of aromatic nitrogens is 1. The van der Waals surface area contributed by atoms with Gasteiger partial charge in [-0.2, -0.15) is 0 Å². The van der Waals surface area contributed by atoms with E-state index < -0.39 is 0 Å². The van der Waals surface area contributed by atoms with Gasteiger partial charge in [0.25, 0.3) is 5.91 Å². The van der Waals surface area contributed by atoms with Gasteiger partial charge >= 0.3 is 0 Å². The molecule has 0 spiro atoms. The van der Waals surface area contributed by atoms with Crippen molar-refractivity contribution in [2.75, 3.05) is 58.5 Å². The lowest BCUT2D eigenvalue weighted by Gasteiger charge is -2.28. The van der Waals surface area contributed by atoms with Gasteiger partial charge in [-0.15, -0.1) is 0 Å². The highest BCUT2D eigenvalue weighted by Crippen LogP contribution is 2.40. The lowest BCUT2D eigenvalue weighted by Crippen LogP contribution is -2.39. The highest BCUT2D eigenvalue weighted by atomic mass is 79.9. The number of hydrogen-bond donors (Lipinski definition) is 0. The number of fused-ring (bicyclic) bond motifs is 1. The fourth-order valence-electron chi connectivity index (χ4n) is 3.76. The molecule has 0 radical (unpaired) electrons. The van der Waals surface area contributed by atoms with Gasteiger partial charge < -0.3 is 14.2 Å². The molecule has 2 aromatic carbocycles. The summed E-state index contributed by atoms with van der Waals surface area (Å²) in [5.74, 6) is 1.13. The lowest BCUT2D eigenvalue weighted by atomic mass is 10.2. The van der Waals surface area contributed by atoms with Gasteiger partial charge in [-0.1, -0.05) is 38.9 Å². The van der Waals surface area contributed by atoms with E-state index in [1.54, 1.807) is 31.3 Å². The van der Waals surface area contributed by atoms with Crippen molar-refractivity contribution >= 4 is 60.1 Å². The third-order valence-electron chi connectivity index (χ3n) is 5.49. The molecule has 1 aromatic heterocycles. The molecule has 10 heteroatoms. The molecule has 1 amide bonds. The zero-order valence-electron chi connectivity index (χ0n) is 18.5. The normalized spacial score (nSPS) is 14.4. The lowest BCUT2D eigenvalue weighted by molar-refractivity contribution is 0.0376. The van der Waals surface area contributed by atoms with Crippen LogP contribution in [0.2, 0.25) is 5.02 Å². The number of carbonyl (C=O) groups is 1. The Hall–Kier alpha value is -1.91. The number of benzene rings is 2. The topological polar surface area (TPSA) is 64.1 Å². The van der Waals surface area contributed by atoms with Crippen molar-refractivity contribution in [1.29, 1.82) is 0 Å². The molecule has 7 nitrogen and oxygen atoms in total. The molecule has 3 aromatic rings. The van der Waals surface area contributed by atoms with Crippen LogP contribution in [-0.4, -0.2) is 69.4 Å². The van der Waals surface area contributed by atoms with E-state index in [2.05, 4.69) is 20.8 Å². The van der Waals surface area contributed by atoms with Crippen molar-refractivity contribution in [3.63, 3.8) is 0 Å². The predicted octanol–water partition coefficient (Wildman–Crippen LogP) is 5.10. The van der Waals surface area contributed by atoms with Gasteiger partial charge in [-0.3, -0.25) is 14.6 Å². The minimum Gasteiger partial charge on any atom is -0.495 e. The predicted molar refractivity (Wildman–Crippen MR) is 135 cm³/mol. The molecule has 176 valence electrons. The Morgan fingerprint density at radius 3 is 2.67 bits per heavy atom. The van der Waals surface area contributed by atoms with Gasteiger partial charge in [0.05, 0.1) is 38.0 Å². The van der Waals surface area contributed by atoms with Crippen molar-refractivity contribution in [3.8, 4) is 11.5 Å². The Kier molecular flexibility index (Phi) is 8.08. The van der Waals surface area contributed by atoms with Crippen LogP contribution in [0.4, 0.5) is 5.13 Å². The van der Waals surface area contributed by atoms with Gasteiger partial charge in [0.2, 0.25) is 0 Å². The first-order valence-electron chi connectivity index (χ1n) is 10.6. The maximum Gasteiger partial charge on any atom is 0.261 e. The Morgan fingerprint density at radius 2 is 1.94 bits per heavy atom. The Balaban J connectivity index is 1.68. The monoisotopic (exact) mass is 553 g/mol. The summed E-state index contributed by atoms with van der Waals surface area (Å²) in [5, 5.41) is 0.980. The fourth-order valence-corrected chi connectivity index (χ4v) is 5.42. The molecule has 0 aliphatic carbocycles. The number of rotatable bonds is 8. The SMILES string of the molecule is COc1ccc(OC)c2sc(N(CCCN3CCOCC3)C(=O)c3cc(Br)ccc3Cl)nc12. The van der Waals surface area contributed by atoms with Crippen LogP contribution in [0.15, 0.2) is 34.8 Å².